The molecule has 2 rings (SSSR count). The van der Waals surface area contributed by atoms with E-state index < -0.39 is 0 Å². The zero-order chi connectivity index (χ0) is 18.8. The van der Waals surface area contributed by atoms with Crippen LogP contribution >= 0.6 is 0 Å². The van der Waals surface area contributed by atoms with Crippen LogP contribution < -0.4 is 14.8 Å². The molecule has 0 saturated carbocycles. The number of rotatable bonds is 10. The highest BCUT2D eigenvalue weighted by Crippen LogP contribution is 2.28. The highest BCUT2D eigenvalue weighted by molar-refractivity contribution is 5.77. The molecule has 0 fully saturated rings. The van der Waals surface area contributed by atoms with E-state index in [9.17, 15) is 4.79 Å². The SMILES string of the molecule is CCOc1ccc(CN(C)CC(=O)NCCC2=CCCCC2)cc1OC. The van der Waals surface area contributed by atoms with Gasteiger partial charge in [-0.05, 0) is 63.8 Å². The smallest absolute Gasteiger partial charge is 0.234 e. The van der Waals surface area contributed by atoms with Gasteiger partial charge in [0, 0.05) is 13.1 Å². The van der Waals surface area contributed by atoms with Crippen LogP contribution in [0.15, 0.2) is 29.8 Å². The highest BCUT2D eigenvalue weighted by Gasteiger charge is 2.10. The zero-order valence-electron chi connectivity index (χ0n) is 16.3. The Balaban J connectivity index is 1.75. The summed E-state index contributed by atoms with van der Waals surface area (Å²) in [7, 11) is 3.59. The second kappa shape index (κ2) is 10.9. The third-order valence-corrected chi connectivity index (χ3v) is 4.55. The molecule has 5 nitrogen and oxygen atoms in total. The van der Waals surface area contributed by atoms with Crippen molar-refractivity contribution in [2.24, 2.45) is 0 Å². The number of ether oxygens (including phenoxy) is 2. The summed E-state index contributed by atoms with van der Waals surface area (Å²) in [6, 6.07) is 5.90. The molecule has 0 spiro atoms. The fourth-order valence-electron chi connectivity index (χ4n) is 3.25. The van der Waals surface area contributed by atoms with Gasteiger partial charge in [-0.2, -0.15) is 0 Å². The van der Waals surface area contributed by atoms with Crippen molar-refractivity contribution in [2.75, 3.05) is 33.9 Å². The van der Waals surface area contributed by atoms with E-state index in [1.165, 1.54) is 31.3 Å². The number of carbonyl (C=O) groups is 1. The average Bonchev–Trinajstić information content (AvgIpc) is 2.64. The second-order valence-corrected chi connectivity index (χ2v) is 6.80. The van der Waals surface area contributed by atoms with Crippen molar-refractivity contribution in [3.8, 4) is 11.5 Å². The van der Waals surface area contributed by atoms with Gasteiger partial charge in [0.1, 0.15) is 0 Å². The summed E-state index contributed by atoms with van der Waals surface area (Å²) in [4.78, 5) is 14.1. The van der Waals surface area contributed by atoms with Crippen LogP contribution in [0.25, 0.3) is 0 Å². The van der Waals surface area contributed by atoms with Gasteiger partial charge >= 0.3 is 0 Å². The van der Waals surface area contributed by atoms with Crippen LogP contribution in [-0.4, -0.2) is 44.7 Å². The third kappa shape index (κ3) is 6.71. The Morgan fingerprint density at radius 1 is 1.27 bits per heavy atom. The summed E-state index contributed by atoms with van der Waals surface area (Å²) < 4.78 is 10.9. The molecule has 144 valence electrons. The van der Waals surface area contributed by atoms with Gasteiger partial charge in [-0.3, -0.25) is 9.69 Å². The van der Waals surface area contributed by atoms with Crippen molar-refractivity contribution in [1.82, 2.24) is 10.2 Å². The number of likely N-dealkylation sites (N-methyl/N-ethyl adjacent to an activating group) is 1. The lowest BCUT2D eigenvalue weighted by Gasteiger charge is -2.18. The predicted molar refractivity (Wildman–Crippen MR) is 105 cm³/mol. The van der Waals surface area contributed by atoms with Crippen LogP contribution in [0.3, 0.4) is 0 Å². The summed E-state index contributed by atoms with van der Waals surface area (Å²) in [5.41, 5.74) is 2.58. The molecule has 0 aliphatic heterocycles. The fourth-order valence-corrected chi connectivity index (χ4v) is 3.25. The molecular formula is C21H32N2O3. The topological polar surface area (TPSA) is 50.8 Å². The summed E-state index contributed by atoms with van der Waals surface area (Å²) >= 11 is 0. The van der Waals surface area contributed by atoms with Crippen molar-refractivity contribution < 1.29 is 14.3 Å². The Hall–Kier alpha value is -2.01. The molecule has 1 aliphatic carbocycles. The molecule has 1 N–H and O–H groups in total. The highest BCUT2D eigenvalue weighted by atomic mass is 16.5. The quantitative estimate of drug-likeness (QED) is 0.649. The van der Waals surface area contributed by atoms with Crippen molar-refractivity contribution in [1.29, 1.82) is 0 Å². The minimum absolute atomic E-state index is 0.0711. The lowest BCUT2D eigenvalue weighted by molar-refractivity contribution is -0.122. The number of nitrogens with zero attached hydrogens (tertiary/aromatic N) is 1. The second-order valence-electron chi connectivity index (χ2n) is 6.80. The van der Waals surface area contributed by atoms with Gasteiger partial charge in [0.05, 0.1) is 20.3 Å². The van der Waals surface area contributed by atoms with Crippen LogP contribution in [0, 0.1) is 0 Å². The molecule has 5 heteroatoms. The zero-order valence-corrected chi connectivity index (χ0v) is 16.3. The molecule has 26 heavy (non-hydrogen) atoms. The number of carbonyl (C=O) groups excluding carboxylic acids is 1. The van der Waals surface area contributed by atoms with Gasteiger partial charge in [-0.25, -0.2) is 0 Å². The van der Waals surface area contributed by atoms with Gasteiger partial charge in [0.25, 0.3) is 0 Å². The largest absolute Gasteiger partial charge is 0.493 e. The molecule has 0 radical (unpaired) electrons. The van der Waals surface area contributed by atoms with Crippen molar-refractivity contribution >= 4 is 5.91 Å². The maximum absolute atomic E-state index is 12.1. The number of hydrogen-bond acceptors (Lipinski definition) is 4. The minimum atomic E-state index is 0.0711. The van der Waals surface area contributed by atoms with Crippen LogP contribution in [-0.2, 0) is 11.3 Å². The molecular weight excluding hydrogens is 328 g/mol. The first-order valence-corrected chi connectivity index (χ1v) is 9.55. The molecule has 1 amide bonds. The molecule has 0 heterocycles. The number of benzene rings is 1. The summed E-state index contributed by atoms with van der Waals surface area (Å²) in [6.45, 7) is 4.35. The first kappa shape index (κ1) is 20.3. The molecule has 0 bridgehead atoms. The van der Waals surface area contributed by atoms with Crippen molar-refractivity contribution in [3.63, 3.8) is 0 Å². The first-order valence-electron chi connectivity index (χ1n) is 9.55. The van der Waals surface area contributed by atoms with Crippen LogP contribution in [0.5, 0.6) is 11.5 Å². The Kier molecular flexibility index (Phi) is 8.48. The maximum Gasteiger partial charge on any atom is 0.234 e. The lowest BCUT2D eigenvalue weighted by Crippen LogP contribution is -2.35. The van der Waals surface area contributed by atoms with E-state index in [-0.39, 0.29) is 5.91 Å². The lowest BCUT2D eigenvalue weighted by atomic mass is 9.97. The van der Waals surface area contributed by atoms with Gasteiger partial charge in [0.2, 0.25) is 5.91 Å². The van der Waals surface area contributed by atoms with E-state index in [0.717, 1.165) is 30.0 Å². The minimum Gasteiger partial charge on any atom is -0.493 e. The third-order valence-electron chi connectivity index (χ3n) is 4.55. The average molecular weight is 360 g/mol. The number of allylic oxidation sites excluding steroid dienone is 1. The number of methoxy groups -OCH3 is 1. The van der Waals surface area contributed by atoms with E-state index >= 15 is 0 Å². The number of hydrogen-bond donors (Lipinski definition) is 1. The molecule has 1 aliphatic rings. The van der Waals surface area contributed by atoms with Crippen LogP contribution in [0.1, 0.15) is 44.6 Å². The first-order chi connectivity index (χ1) is 12.6. The number of nitrogens with one attached hydrogen (secondary N) is 1. The Morgan fingerprint density at radius 3 is 2.81 bits per heavy atom. The molecule has 1 aromatic carbocycles. The van der Waals surface area contributed by atoms with Crippen molar-refractivity contribution in [3.05, 3.63) is 35.4 Å². The molecule has 0 aromatic heterocycles. The predicted octanol–water partition coefficient (Wildman–Crippen LogP) is 3.53. The summed E-state index contributed by atoms with van der Waals surface area (Å²) in [5.74, 6) is 1.54. The van der Waals surface area contributed by atoms with Gasteiger partial charge in [-0.1, -0.05) is 17.7 Å². The van der Waals surface area contributed by atoms with E-state index in [1.807, 2.05) is 37.1 Å². The Bertz CT molecular complexity index is 613. The van der Waals surface area contributed by atoms with E-state index in [2.05, 4.69) is 11.4 Å². The molecule has 0 saturated heterocycles. The standard InChI is InChI=1S/C21H32N2O3/c1-4-26-19-11-10-18(14-20(19)25-3)15-23(2)16-21(24)22-13-12-17-8-6-5-7-9-17/h8,10-11,14H,4-7,9,12-13,15-16H2,1-3H3,(H,22,24). The fraction of sp³-hybridized carbons (Fsp3) is 0.571. The van der Waals surface area contributed by atoms with E-state index in [1.54, 1.807) is 7.11 Å². The van der Waals surface area contributed by atoms with E-state index in [0.29, 0.717) is 19.7 Å². The summed E-state index contributed by atoms with van der Waals surface area (Å²) in [6.07, 6.45) is 8.28. The Morgan fingerprint density at radius 2 is 2.12 bits per heavy atom. The van der Waals surface area contributed by atoms with Gasteiger partial charge in [0.15, 0.2) is 11.5 Å². The van der Waals surface area contributed by atoms with Crippen LogP contribution in [0.2, 0.25) is 0 Å². The maximum atomic E-state index is 12.1. The number of amides is 1. The van der Waals surface area contributed by atoms with Gasteiger partial charge in [-0.15, -0.1) is 0 Å². The molecule has 0 unspecified atom stereocenters. The monoisotopic (exact) mass is 360 g/mol. The molecule has 1 aromatic rings. The Labute approximate surface area is 157 Å². The normalized spacial score (nSPS) is 14.1. The molecule has 0 atom stereocenters. The van der Waals surface area contributed by atoms with Crippen LogP contribution in [0.4, 0.5) is 0 Å². The summed E-state index contributed by atoms with van der Waals surface area (Å²) in [5, 5.41) is 3.03. The van der Waals surface area contributed by atoms with Gasteiger partial charge < -0.3 is 14.8 Å². The van der Waals surface area contributed by atoms with E-state index in [4.69, 9.17) is 9.47 Å². The van der Waals surface area contributed by atoms with Crippen molar-refractivity contribution in [2.45, 2.75) is 45.6 Å².